The highest BCUT2D eigenvalue weighted by atomic mass is 32.2. The van der Waals surface area contributed by atoms with Gasteiger partial charge >= 0.3 is 0 Å². The third kappa shape index (κ3) is 6.17. The molecule has 0 saturated carbocycles. The van der Waals surface area contributed by atoms with Gasteiger partial charge in [-0.15, -0.1) is 0 Å². The van der Waals surface area contributed by atoms with E-state index in [0.717, 1.165) is 19.3 Å². The molecule has 2 aromatic carbocycles. The van der Waals surface area contributed by atoms with Crippen molar-refractivity contribution in [1.29, 1.82) is 0 Å². The van der Waals surface area contributed by atoms with Crippen LogP contribution >= 0.6 is 0 Å². The van der Waals surface area contributed by atoms with Gasteiger partial charge in [0.05, 0.1) is 11.4 Å². The Hall–Kier alpha value is -2.65. The van der Waals surface area contributed by atoms with Gasteiger partial charge in [0.2, 0.25) is 10.0 Å². The highest BCUT2D eigenvalue weighted by Gasteiger charge is 2.25. The van der Waals surface area contributed by atoms with Crippen LogP contribution in [0.4, 0.5) is 4.39 Å². The van der Waals surface area contributed by atoms with Gasteiger partial charge < -0.3 is 14.8 Å². The quantitative estimate of drug-likeness (QED) is 0.611. The fourth-order valence-electron chi connectivity index (χ4n) is 3.05. The lowest BCUT2D eigenvalue weighted by atomic mass is 10.2. The first kappa shape index (κ1) is 22.0. The molecule has 1 heterocycles. The summed E-state index contributed by atoms with van der Waals surface area (Å²) >= 11 is 0. The van der Waals surface area contributed by atoms with Crippen LogP contribution in [-0.4, -0.2) is 51.5 Å². The maximum Gasteiger partial charge on any atom is 0.258 e. The van der Waals surface area contributed by atoms with E-state index in [1.807, 2.05) is 0 Å². The summed E-state index contributed by atoms with van der Waals surface area (Å²) in [6.07, 6.45) is 2.84. The van der Waals surface area contributed by atoms with Crippen LogP contribution in [0.25, 0.3) is 0 Å². The predicted octanol–water partition coefficient (Wildman–Crippen LogP) is 2.57. The summed E-state index contributed by atoms with van der Waals surface area (Å²) in [6, 6.07) is 11.7. The smallest absolute Gasteiger partial charge is 0.258 e. The number of piperidine rings is 1. The molecular weight excluding hydrogens is 411 g/mol. The first-order chi connectivity index (χ1) is 14.4. The Balaban J connectivity index is 1.38. The molecule has 7 nitrogen and oxygen atoms in total. The SMILES string of the molecule is O=C(COc1ccc(F)cc1)NCCOc1ccc(S(=O)(=O)N2CCCCC2)cc1. The molecule has 9 heteroatoms. The second-order valence-corrected chi connectivity index (χ2v) is 8.82. The van der Waals surface area contributed by atoms with Gasteiger partial charge in [0, 0.05) is 13.1 Å². The van der Waals surface area contributed by atoms with E-state index in [1.165, 1.54) is 40.7 Å². The standard InChI is InChI=1S/C21H25FN2O5S/c22-17-4-6-19(7-5-17)29-16-21(25)23-12-15-28-18-8-10-20(11-9-18)30(26,27)24-13-2-1-3-14-24/h4-11H,1-3,12-16H2,(H,23,25). The van der Waals surface area contributed by atoms with E-state index in [2.05, 4.69) is 5.32 Å². The fourth-order valence-corrected chi connectivity index (χ4v) is 4.57. The van der Waals surface area contributed by atoms with Crippen molar-refractivity contribution in [2.75, 3.05) is 32.8 Å². The molecule has 1 N–H and O–H groups in total. The largest absolute Gasteiger partial charge is 0.492 e. The lowest BCUT2D eigenvalue weighted by Crippen LogP contribution is -2.35. The van der Waals surface area contributed by atoms with Crippen molar-refractivity contribution in [3.8, 4) is 11.5 Å². The van der Waals surface area contributed by atoms with Gasteiger partial charge in [-0.3, -0.25) is 4.79 Å². The normalized spacial score (nSPS) is 14.8. The maximum atomic E-state index is 12.8. The number of sulfonamides is 1. The molecule has 0 radical (unpaired) electrons. The molecule has 0 bridgehead atoms. The van der Waals surface area contributed by atoms with Crippen molar-refractivity contribution in [3.05, 3.63) is 54.3 Å². The number of ether oxygens (including phenoxy) is 2. The fraction of sp³-hybridized carbons (Fsp3) is 0.381. The minimum Gasteiger partial charge on any atom is -0.492 e. The Morgan fingerprint density at radius 3 is 2.20 bits per heavy atom. The minimum atomic E-state index is -3.46. The maximum absolute atomic E-state index is 12.8. The number of halogens is 1. The molecule has 30 heavy (non-hydrogen) atoms. The van der Waals surface area contributed by atoms with Crippen LogP contribution in [0.5, 0.6) is 11.5 Å². The summed E-state index contributed by atoms with van der Waals surface area (Å²) < 4.78 is 50.4. The Bertz CT molecular complexity index is 927. The Labute approximate surface area is 175 Å². The zero-order chi connectivity index (χ0) is 21.4. The molecule has 1 saturated heterocycles. The van der Waals surface area contributed by atoms with Crippen molar-refractivity contribution >= 4 is 15.9 Å². The van der Waals surface area contributed by atoms with Crippen molar-refractivity contribution in [3.63, 3.8) is 0 Å². The molecule has 1 aliphatic rings. The topological polar surface area (TPSA) is 84.9 Å². The van der Waals surface area contributed by atoms with Crippen molar-refractivity contribution < 1.29 is 27.1 Å². The number of nitrogens with one attached hydrogen (secondary N) is 1. The van der Waals surface area contributed by atoms with Gasteiger partial charge in [0.25, 0.3) is 5.91 Å². The van der Waals surface area contributed by atoms with Crippen LogP contribution in [0.15, 0.2) is 53.4 Å². The van der Waals surface area contributed by atoms with Gasteiger partial charge in [0.1, 0.15) is 23.9 Å². The number of benzene rings is 2. The molecule has 162 valence electrons. The van der Waals surface area contributed by atoms with E-state index in [-0.39, 0.29) is 36.4 Å². The molecular formula is C21H25FN2O5S. The van der Waals surface area contributed by atoms with Gasteiger partial charge in [-0.2, -0.15) is 4.31 Å². The van der Waals surface area contributed by atoms with E-state index in [1.54, 1.807) is 12.1 Å². The second-order valence-electron chi connectivity index (χ2n) is 6.88. The number of nitrogens with zero attached hydrogens (tertiary/aromatic N) is 1. The van der Waals surface area contributed by atoms with Gasteiger partial charge in [-0.25, -0.2) is 12.8 Å². The molecule has 0 spiro atoms. The third-order valence-corrected chi connectivity index (χ3v) is 6.57. The highest BCUT2D eigenvalue weighted by Crippen LogP contribution is 2.22. The van der Waals surface area contributed by atoms with Crippen molar-refractivity contribution in [2.45, 2.75) is 24.2 Å². The summed E-state index contributed by atoms with van der Waals surface area (Å²) in [4.78, 5) is 12.0. The zero-order valence-corrected chi connectivity index (χ0v) is 17.4. The number of rotatable bonds is 9. The summed E-state index contributed by atoms with van der Waals surface area (Å²) in [6.45, 7) is 1.42. The van der Waals surface area contributed by atoms with E-state index in [9.17, 15) is 17.6 Å². The van der Waals surface area contributed by atoms with Gasteiger partial charge in [-0.05, 0) is 61.4 Å². The monoisotopic (exact) mass is 436 g/mol. The van der Waals surface area contributed by atoms with Crippen LogP contribution in [0.3, 0.4) is 0 Å². The minimum absolute atomic E-state index is 0.186. The summed E-state index contributed by atoms with van der Waals surface area (Å²) in [5.41, 5.74) is 0. The lowest BCUT2D eigenvalue weighted by molar-refractivity contribution is -0.123. The van der Waals surface area contributed by atoms with Crippen molar-refractivity contribution in [2.24, 2.45) is 0 Å². The second kappa shape index (κ2) is 10.4. The molecule has 1 amide bonds. The summed E-state index contributed by atoms with van der Waals surface area (Å²) in [7, 11) is -3.46. The average molecular weight is 437 g/mol. The average Bonchev–Trinajstić information content (AvgIpc) is 2.77. The van der Waals surface area contributed by atoms with E-state index < -0.39 is 10.0 Å². The van der Waals surface area contributed by atoms with E-state index in [4.69, 9.17) is 9.47 Å². The van der Waals surface area contributed by atoms with Crippen LogP contribution in [0.1, 0.15) is 19.3 Å². The zero-order valence-electron chi connectivity index (χ0n) is 16.6. The molecule has 2 aromatic rings. The van der Waals surface area contributed by atoms with Crippen molar-refractivity contribution in [1.82, 2.24) is 9.62 Å². The predicted molar refractivity (Wildman–Crippen MR) is 109 cm³/mol. The molecule has 0 aromatic heterocycles. The number of carbonyl (C=O) groups excluding carboxylic acids is 1. The van der Waals surface area contributed by atoms with Gasteiger partial charge in [0.15, 0.2) is 6.61 Å². The van der Waals surface area contributed by atoms with Crippen LogP contribution < -0.4 is 14.8 Å². The molecule has 0 atom stereocenters. The van der Waals surface area contributed by atoms with Crippen LogP contribution in [-0.2, 0) is 14.8 Å². The first-order valence-electron chi connectivity index (χ1n) is 9.83. The Kier molecular flexibility index (Phi) is 7.64. The lowest BCUT2D eigenvalue weighted by Gasteiger charge is -2.25. The first-order valence-corrected chi connectivity index (χ1v) is 11.3. The Morgan fingerprint density at radius 2 is 1.53 bits per heavy atom. The molecule has 3 rings (SSSR count). The number of hydrogen-bond acceptors (Lipinski definition) is 5. The molecule has 0 aliphatic carbocycles. The number of hydrogen-bond donors (Lipinski definition) is 1. The van der Waals surface area contributed by atoms with Crippen LogP contribution in [0, 0.1) is 5.82 Å². The highest BCUT2D eigenvalue weighted by molar-refractivity contribution is 7.89. The summed E-state index contributed by atoms with van der Waals surface area (Å²) in [5.74, 6) is 0.221. The number of carbonyl (C=O) groups is 1. The molecule has 0 unspecified atom stereocenters. The molecule has 1 fully saturated rings. The van der Waals surface area contributed by atoms with Gasteiger partial charge in [-0.1, -0.05) is 6.42 Å². The number of amides is 1. The van der Waals surface area contributed by atoms with Crippen LogP contribution in [0.2, 0.25) is 0 Å². The summed E-state index contributed by atoms with van der Waals surface area (Å²) in [5, 5.41) is 2.65. The van der Waals surface area contributed by atoms with E-state index in [0.29, 0.717) is 24.6 Å². The van der Waals surface area contributed by atoms with E-state index >= 15 is 0 Å². The molecule has 1 aliphatic heterocycles. The third-order valence-electron chi connectivity index (χ3n) is 4.65. The Morgan fingerprint density at radius 1 is 0.933 bits per heavy atom.